The number of hydrogen-bond donors (Lipinski definition) is 2. The van der Waals surface area contributed by atoms with Crippen LogP contribution in [0.15, 0.2) is 12.1 Å². The van der Waals surface area contributed by atoms with Crippen LogP contribution in [0.1, 0.15) is 10.5 Å². The molecule has 98 valence electrons. The van der Waals surface area contributed by atoms with E-state index in [1.807, 2.05) is 4.90 Å². The molecular formula is C12H14N6O. The zero-order chi connectivity index (χ0) is 12.8. The molecule has 1 amide bonds. The minimum absolute atomic E-state index is 0.000648. The molecule has 2 saturated heterocycles. The molecule has 2 aromatic heterocycles. The second-order valence-electron chi connectivity index (χ2n) is 5.25. The van der Waals surface area contributed by atoms with Crippen molar-refractivity contribution in [1.82, 2.24) is 30.6 Å². The van der Waals surface area contributed by atoms with Crippen molar-refractivity contribution in [3.8, 4) is 0 Å². The van der Waals surface area contributed by atoms with Gasteiger partial charge in [-0.2, -0.15) is 10.3 Å². The number of aromatic amines is 1. The van der Waals surface area contributed by atoms with Crippen molar-refractivity contribution in [2.24, 2.45) is 11.8 Å². The van der Waals surface area contributed by atoms with Crippen molar-refractivity contribution < 1.29 is 4.79 Å². The van der Waals surface area contributed by atoms with Crippen molar-refractivity contribution in [3.63, 3.8) is 0 Å². The molecule has 0 unspecified atom stereocenters. The van der Waals surface area contributed by atoms with Gasteiger partial charge in [0.1, 0.15) is 11.2 Å². The number of amides is 1. The van der Waals surface area contributed by atoms with E-state index in [1.54, 1.807) is 12.1 Å². The Kier molecular flexibility index (Phi) is 2.28. The number of rotatable bonds is 1. The van der Waals surface area contributed by atoms with Crippen LogP contribution in [0.5, 0.6) is 0 Å². The molecule has 19 heavy (non-hydrogen) atoms. The predicted octanol–water partition coefficient (Wildman–Crippen LogP) is -0.356. The van der Waals surface area contributed by atoms with E-state index in [0.29, 0.717) is 28.7 Å². The summed E-state index contributed by atoms with van der Waals surface area (Å²) in [4.78, 5) is 18.6. The molecule has 2 N–H and O–H groups in total. The molecule has 2 atom stereocenters. The molecule has 0 aliphatic carbocycles. The molecule has 2 aromatic rings. The number of nitrogens with one attached hydrogen (secondary N) is 2. The van der Waals surface area contributed by atoms with E-state index < -0.39 is 0 Å². The number of nitrogens with zero attached hydrogens (tertiary/aromatic N) is 4. The quantitative estimate of drug-likeness (QED) is 0.729. The Hall–Kier alpha value is -2.02. The second-order valence-corrected chi connectivity index (χ2v) is 5.25. The molecule has 4 rings (SSSR count). The molecule has 0 saturated carbocycles. The Bertz CT molecular complexity index is 626. The van der Waals surface area contributed by atoms with Gasteiger partial charge in [-0.05, 0) is 24.0 Å². The van der Waals surface area contributed by atoms with Crippen LogP contribution in [0.4, 0.5) is 0 Å². The van der Waals surface area contributed by atoms with E-state index in [4.69, 9.17) is 0 Å². The zero-order valence-electron chi connectivity index (χ0n) is 10.3. The first-order valence-corrected chi connectivity index (χ1v) is 6.49. The number of fused-ring (bicyclic) bond motifs is 2. The number of carbonyl (C=O) groups excluding carboxylic acids is 1. The molecule has 7 heteroatoms. The largest absolute Gasteiger partial charge is 0.337 e. The SMILES string of the molecule is O=C(c1ccc2n[nH]nc2n1)N1C[C@H]2CNC[C@@H]2C1. The van der Waals surface area contributed by atoms with Gasteiger partial charge in [0.15, 0.2) is 0 Å². The lowest BCUT2D eigenvalue weighted by molar-refractivity contribution is 0.0776. The Labute approximate surface area is 109 Å². The molecule has 0 spiro atoms. The van der Waals surface area contributed by atoms with Crippen LogP contribution in [0.2, 0.25) is 0 Å². The molecule has 2 aliphatic rings. The van der Waals surface area contributed by atoms with Crippen LogP contribution in [0.25, 0.3) is 11.2 Å². The molecule has 2 fully saturated rings. The Morgan fingerprint density at radius 1 is 1.21 bits per heavy atom. The summed E-state index contributed by atoms with van der Waals surface area (Å²) in [5.74, 6) is 1.19. The first kappa shape index (κ1) is 10.9. The summed E-state index contributed by atoms with van der Waals surface area (Å²) in [6.45, 7) is 3.69. The van der Waals surface area contributed by atoms with Gasteiger partial charge in [-0.1, -0.05) is 0 Å². The van der Waals surface area contributed by atoms with Gasteiger partial charge >= 0.3 is 0 Å². The molecule has 0 radical (unpaired) electrons. The minimum atomic E-state index is -0.000648. The summed E-state index contributed by atoms with van der Waals surface area (Å²) >= 11 is 0. The van der Waals surface area contributed by atoms with Gasteiger partial charge in [0.25, 0.3) is 5.91 Å². The number of likely N-dealkylation sites (tertiary alicyclic amines) is 1. The van der Waals surface area contributed by atoms with Crippen LogP contribution in [0, 0.1) is 11.8 Å². The van der Waals surface area contributed by atoms with E-state index in [0.717, 1.165) is 26.2 Å². The number of H-pyrrole nitrogens is 1. The Morgan fingerprint density at radius 3 is 2.79 bits per heavy atom. The van der Waals surface area contributed by atoms with E-state index >= 15 is 0 Å². The molecule has 4 heterocycles. The molecule has 0 aromatic carbocycles. The highest BCUT2D eigenvalue weighted by molar-refractivity contribution is 5.94. The summed E-state index contributed by atoms with van der Waals surface area (Å²) in [7, 11) is 0. The van der Waals surface area contributed by atoms with Gasteiger partial charge in [-0.25, -0.2) is 4.98 Å². The van der Waals surface area contributed by atoms with Crippen LogP contribution in [0.3, 0.4) is 0 Å². The van der Waals surface area contributed by atoms with Crippen LogP contribution < -0.4 is 5.32 Å². The topological polar surface area (TPSA) is 86.8 Å². The predicted molar refractivity (Wildman–Crippen MR) is 67.4 cm³/mol. The summed E-state index contributed by atoms with van der Waals surface area (Å²) < 4.78 is 0. The second kappa shape index (κ2) is 3.99. The van der Waals surface area contributed by atoms with Crippen LogP contribution in [-0.2, 0) is 0 Å². The van der Waals surface area contributed by atoms with Crippen LogP contribution >= 0.6 is 0 Å². The number of hydrogen-bond acceptors (Lipinski definition) is 5. The fourth-order valence-corrected chi connectivity index (χ4v) is 3.04. The highest BCUT2D eigenvalue weighted by atomic mass is 16.2. The Morgan fingerprint density at radius 2 is 2.00 bits per heavy atom. The van der Waals surface area contributed by atoms with E-state index in [1.165, 1.54) is 0 Å². The van der Waals surface area contributed by atoms with Crippen molar-refractivity contribution >= 4 is 17.1 Å². The minimum Gasteiger partial charge on any atom is -0.337 e. The maximum Gasteiger partial charge on any atom is 0.272 e. The highest BCUT2D eigenvalue weighted by Crippen LogP contribution is 2.27. The van der Waals surface area contributed by atoms with Gasteiger partial charge in [-0.3, -0.25) is 4.79 Å². The lowest BCUT2D eigenvalue weighted by Gasteiger charge is -2.16. The molecule has 7 nitrogen and oxygen atoms in total. The first-order valence-electron chi connectivity index (χ1n) is 6.49. The van der Waals surface area contributed by atoms with Gasteiger partial charge in [-0.15, -0.1) is 5.10 Å². The average Bonchev–Trinajstić information content (AvgIpc) is 3.11. The van der Waals surface area contributed by atoms with Crippen molar-refractivity contribution in [3.05, 3.63) is 17.8 Å². The lowest BCUT2D eigenvalue weighted by Crippen LogP contribution is -2.32. The van der Waals surface area contributed by atoms with Gasteiger partial charge < -0.3 is 10.2 Å². The van der Waals surface area contributed by atoms with Crippen LogP contribution in [-0.4, -0.2) is 57.4 Å². The first-order chi connectivity index (χ1) is 9.31. The summed E-state index contributed by atoms with van der Waals surface area (Å²) in [5, 5.41) is 13.7. The summed E-state index contributed by atoms with van der Waals surface area (Å²) in [6, 6.07) is 3.50. The number of aromatic nitrogens is 4. The standard InChI is InChI=1S/C12H14N6O/c19-12(18-5-7-3-13-4-8(7)6-18)10-2-1-9-11(14-10)16-17-15-9/h1-2,7-8,13H,3-6H2,(H,14,15,16,17)/t7-,8-/m1/s1. The third kappa shape index (κ3) is 1.69. The third-order valence-corrected chi connectivity index (χ3v) is 4.08. The maximum absolute atomic E-state index is 12.4. The third-order valence-electron chi connectivity index (χ3n) is 4.08. The van der Waals surface area contributed by atoms with Gasteiger partial charge in [0.2, 0.25) is 5.65 Å². The number of pyridine rings is 1. The molecule has 2 aliphatic heterocycles. The van der Waals surface area contributed by atoms with Crippen molar-refractivity contribution in [1.29, 1.82) is 0 Å². The fourth-order valence-electron chi connectivity index (χ4n) is 3.04. The lowest BCUT2D eigenvalue weighted by atomic mass is 10.0. The normalized spacial score (nSPS) is 26.0. The van der Waals surface area contributed by atoms with Gasteiger partial charge in [0.05, 0.1) is 0 Å². The fraction of sp³-hybridized carbons (Fsp3) is 0.500. The van der Waals surface area contributed by atoms with Crippen molar-refractivity contribution in [2.45, 2.75) is 0 Å². The van der Waals surface area contributed by atoms with E-state index in [2.05, 4.69) is 25.7 Å². The summed E-state index contributed by atoms with van der Waals surface area (Å²) in [5.41, 5.74) is 1.63. The van der Waals surface area contributed by atoms with E-state index in [-0.39, 0.29) is 5.91 Å². The smallest absolute Gasteiger partial charge is 0.272 e. The highest BCUT2D eigenvalue weighted by Gasteiger charge is 2.38. The Balaban J connectivity index is 1.59. The monoisotopic (exact) mass is 258 g/mol. The average molecular weight is 258 g/mol. The van der Waals surface area contributed by atoms with E-state index in [9.17, 15) is 4.79 Å². The van der Waals surface area contributed by atoms with Gasteiger partial charge in [0, 0.05) is 26.2 Å². The molecular weight excluding hydrogens is 244 g/mol. The maximum atomic E-state index is 12.4. The summed E-state index contributed by atoms with van der Waals surface area (Å²) in [6.07, 6.45) is 0. The number of carbonyl (C=O) groups is 1. The molecule has 0 bridgehead atoms. The zero-order valence-corrected chi connectivity index (χ0v) is 10.3. The van der Waals surface area contributed by atoms with Crippen molar-refractivity contribution in [2.75, 3.05) is 26.2 Å².